The average Bonchev–Trinajstić information content (AvgIpc) is 3.68. The summed E-state index contributed by atoms with van der Waals surface area (Å²) in [6, 6.07) is 7.58. The Balaban J connectivity index is 1.65. The van der Waals surface area contributed by atoms with Crippen LogP contribution in [0.15, 0.2) is 55.6 Å². The van der Waals surface area contributed by atoms with E-state index in [2.05, 4.69) is 18.5 Å². The van der Waals surface area contributed by atoms with Crippen LogP contribution < -0.4 is 5.32 Å². The summed E-state index contributed by atoms with van der Waals surface area (Å²) in [4.78, 5) is 58.2. The van der Waals surface area contributed by atoms with E-state index >= 15 is 0 Å². The molecule has 3 aliphatic heterocycles. The third kappa shape index (κ3) is 6.47. The van der Waals surface area contributed by atoms with Gasteiger partial charge >= 0.3 is 5.97 Å². The fraction of sp³-hybridized carbons (Fsp3) is 0.588. The molecule has 4 rings (SSSR count). The molecule has 0 saturated carbocycles. The molecule has 0 aliphatic carbocycles. The molecular weight excluding hydrogens is 562 g/mol. The zero-order valence-electron chi connectivity index (χ0n) is 26.0. The molecule has 1 aromatic carbocycles. The van der Waals surface area contributed by atoms with E-state index in [0.29, 0.717) is 44.3 Å². The number of ether oxygens (including phenoxy) is 2. The molecule has 1 spiro atoms. The Labute approximate surface area is 260 Å². The van der Waals surface area contributed by atoms with Crippen molar-refractivity contribution in [1.82, 2.24) is 15.1 Å². The number of nitrogens with zero attached hydrogens (tertiary/aromatic N) is 2. The van der Waals surface area contributed by atoms with E-state index < -0.39 is 47.7 Å². The summed E-state index contributed by atoms with van der Waals surface area (Å²) in [5.74, 6) is -3.23. The number of allylic oxidation sites excluding steroid dienone is 1. The third-order valence-corrected chi connectivity index (χ3v) is 9.25. The number of nitrogens with one attached hydrogen (secondary N) is 1. The second-order valence-electron chi connectivity index (χ2n) is 11.9. The van der Waals surface area contributed by atoms with Crippen LogP contribution in [0, 0.1) is 11.8 Å². The molecule has 10 nitrogen and oxygen atoms in total. The lowest BCUT2D eigenvalue weighted by Gasteiger charge is -2.39. The Bertz CT molecular complexity index is 1200. The van der Waals surface area contributed by atoms with Gasteiger partial charge in [-0.3, -0.25) is 19.2 Å². The van der Waals surface area contributed by atoms with Gasteiger partial charge in [0.25, 0.3) is 0 Å². The maximum Gasteiger partial charge on any atom is 0.313 e. The van der Waals surface area contributed by atoms with Gasteiger partial charge in [-0.05, 0) is 37.7 Å². The number of aliphatic hydroxyl groups is 1. The van der Waals surface area contributed by atoms with E-state index in [1.54, 1.807) is 17.1 Å². The number of carbonyl (C=O) groups is 4. The lowest BCUT2D eigenvalue weighted by Crippen LogP contribution is -2.58. The van der Waals surface area contributed by atoms with Crippen molar-refractivity contribution in [2.45, 2.75) is 88.7 Å². The smallest absolute Gasteiger partial charge is 0.313 e. The molecule has 3 fully saturated rings. The molecule has 1 aromatic rings. The summed E-state index contributed by atoms with van der Waals surface area (Å²) in [6.07, 6.45) is 5.83. The fourth-order valence-electron chi connectivity index (χ4n) is 7.06. The van der Waals surface area contributed by atoms with Crippen LogP contribution in [0.4, 0.5) is 0 Å². The molecule has 3 amide bonds. The largest absolute Gasteiger partial charge is 0.455 e. The van der Waals surface area contributed by atoms with Crippen molar-refractivity contribution < 1.29 is 33.8 Å². The van der Waals surface area contributed by atoms with Crippen molar-refractivity contribution in [3.63, 3.8) is 0 Å². The van der Waals surface area contributed by atoms with Crippen LogP contribution in [0.25, 0.3) is 0 Å². The summed E-state index contributed by atoms with van der Waals surface area (Å²) < 4.78 is 12.6. The van der Waals surface area contributed by atoms with Gasteiger partial charge in [0.1, 0.15) is 17.7 Å². The zero-order valence-corrected chi connectivity index (χ0v) is 26.0. The Morgan fingerprint density at radius 3 is 2.61 bits per heavy atom. The Hall–Kier alpha value is -3.50. The third-order valence-electron chi connectivity index (χ3n) is 9.25. The molecule has 0 radical (unpaired) electrons. The average molecular weight is 610 g/mol. The number of hydrogen-bond acceptors (Lipinski definition) is 7. The van der Waals surface area contributed by atoms with Crippen LogP contribution in [0.1, 0.15) is 70.5 Å². The second kappa shape index (κ2) is 15.0. The van der Waals surface area contributed by atoms with Crippen molar-refractivity contribution in [2.75, 3.05) is 26.2 Å². The quantitative estimate of drug-likeness (QED) is 0.205. The number of amides is 3. The van der Waals surface area contributed by atoms with Crippen molar-refractivity contribution in [3.05, 3.63) is 61.2 Å². The lowest BCUT2D eigenvalue weighted by molar-refractivity contribution is -0.161. The van der Waals surface area contributed by atoms with E-state index in [9.17, 15) is 24.3 Å². The Kier molecular flexibility index (Phi) is 11.4. The number of hydrogen-bond donors (Lipinski definition) is 2. The van der Waals surface area contributed by atoms with Gasteiger partial charge in [0, 0.05) is 19.5 Å². The van der Waals surface area contributed by atoms with Gasteiger partial charge in [-0.1, -0.05) is 62.8 Å². The number of aliphatic hydroxyl groups excluding tert-OH is 1. The Morgan fingerprint density at radius 2 is 1.98 bits per heavy atom. The molecule has 44 heavy (non-hydrogen) atoms. The molecular formula is C34H47N3O7. The van der Waals surface area contributed by atoms with Crippen LogP contribution in [0.5, 0.6) is 0 Å². The number of esters is 1. The molecule has 10 heteroatoms. The van der Waals surface area contributed by atoms with Crippen LogP contribution in [0.3, 0.4) is 0 Å². The highest BCUT2D eigenvalue weighted by atomic mass is 16.6. The molecule has 240 valence electrons. The molecule has 2 bridgehead atoms. The normalized spacial score (nSPS) is 26.5. The van der Waals surface area contributed by atoms with Gasteiger partial charge in [-0.2, -0.15) is 0 Å². The molecule has 7 atom stereocenters. The highest BCUT2D eigenvalue weighted by Crippen LogP contribution is 2.59. The van der Waals surface area contributed by atoms with E-state index in [4.69, 9.17) is 9.47 Å². The molecule has 0 unspecified atom stereocenters. The number of carbonyl (C=O) groups excluding carboxylic acids is 4. The SMILES string of the molecule is C=CCCC(=O)NC[C@@H](OC(=O)[C@@H]1[C@@H]2CC[C@]3(O2)[C@H](C(=O)N(CC=C)CCCC)N([C@@H](CC)CO)C(=O)[C@@H]13)c1ccccc1. The predicted molar refractivity (Wildman–Crippen MR) is 165 cm³/mol. The number of likely N-dealkylation sites (tertiary alicyclic amines) is 1. The highest BCUT2D eigenvalue weighted by Gasteiger charge is 2.75. The first-order valence-electron chi connectivity index (χ1n) is 15.9. The predicted octanol–water partition coefficient (Wildman–Crippen LogP) is 3.31. The molecule has 3 saturated heterocycles. The summed E-state index contributed by atoms with van der Waals surface area (Å²) in [7, 11) is 0. The van der Waals surface area contributed by atoms with E-state index in [1.807, 2.05) is 44.2 Å². The molecule has 3 heterocycles. The van der Waals surface area contributed by atoms with Crippen molar-refractivity contribution in [3.8, 4) is 0 Å². The zero-order chi connectivity index (χ0) is 31.9. The summed E-state index contributed by atoms with van der Waals surface area (Å²) in [5, 5.41) is 13.1. The second-order valence-corrected chi connectivity index (χ2v) is 11.9. The van der Waals surface area contributed by atoms with Gasteiger partial charge in [0.05, 0.1) is 37.1 Å². The molecule has 2 N–H and O–H groups in total. The van der Waals surface area contributed by atoms with Gasteiger partial charge < -0.3 is 29.7 Å². The standard InChI is InChI=1S/C34H47N3O7/c1-5-9-16-27(39)35-21-26(23-14-12-11-13-15-23)43-33(42)28-25-17-18-34(44-25)29(28)31(40)37(24(8-4)22-38)30(34)32(41)36(19-7-3)20-10-6-2/h5,7,11-15,24-26,28-30,38H,1,3,6,8-10,16-22H2,2,4H3,(H,35,39)/t24-,25-,26+,28+,29+,30-,34+/m0/s1. The number of fused-ring (bicyclic) bond motifs is 1. The van der Waals surface area contributed by atoms with Crippen LogP contribution in [0.2, 0.25) is 0 Å². The minimum atomic E-state index is -1.20. The topological polar surface area (TPSA) is 125 Å². The lowest BCUT2D eigenvalue weighted by atomic mass is 9.70. The summed E-state index contributed by atoms with van der Waals surface area (Å²) >= 11 is 0. The first-order valence-corrected chi connectivity index (χ1v) is 15.9. The summed E-state index contributed by atoms with van der Waals surface area (Å²) in [5.41, 5.74) is -0.490. The molecule has 0 aromatic heterocycles. The van der Waals surface area contributed by atoms with Crippen molar-refractivity contribution >= 4 is 23.7 Å². The number of unbranched alkanes of at least 4 members (excludes halogenated alkanes) is 1. The van der Waals surface area contributed by atoms with Gasteiger partial charge in [-0.15, -0.1) is 13.2 Å². The summed E-state index contributed by atoms with van der Waals surface area (Å²) in [6.45, 7) is 12.0. The van der Waals surface area contributed by atoms with Crippen LogP contribution in [-0.2, 0) is 28.7 Å². The van der Waals surface area contributed by atoms with Crippen LogP contribution in [-0.4, -0.2) is 88.6 Å². The number of benzene rings is 1. The van der Waals surface area contributed by atoms with Gasteiger partial charge in [0.15, 0.2) is 0 Å². The van der Waals surface area contributed by atoms with Gasteiger partial charge in [0.2, 0.25) is 17.7 Å². The molecule has 3 aliphatic rings. The van der Waals surface area contributed by atoms with Gasteiger partial charge in [-0.25, -0.2) is 0 Å². The minimum Gasteiger partial charge on any atom is -0.455 e. The first kappa shape index (κ1) is 33.4. The number of rotatable bonds is 17. The first-order chi connectivity index (χ1) is 21.3. The monoisotopic (exact) mass is 609 g/mol. The Morgan fingerprint density at radius 1 is 1.23 bits per heavy atom. The van der Waals surface area contributed by atoms with E-state index in [1.165, 1.54) is 4.90 Å². The van der Waals surface area contributed by atoms with Crippen molar-refractivity contribution in [2.24, 2.45) is 11.8 Å². The maximum atomic E-state index is 14.3. The maximum absolute atomic E-state index is 14.3. The van der Waals surface area contributed by atoms with E-state index in [-0.39, 0.29) is 37.3 Å². The van der Waals surface area contributed by atoms with E-state index in [0.717, 1.165) is 12.8 Å². The fourth-order valence-corrected chi connectivity index (χ4v) is 7.06. The highest BCUT2D eigenvalue weighted by molar-refractivity contribution is 5.98. The van der Waals surface area contributed by atoms with Crippen LogP contribution >= 0.6 is 0 Å². The minimum absolute atomic E-state index is 0.0668. The van der Waals surface area contributed by atoms with Crippen molar-refractivity contribution in [1.29, 1.82) is 0 Å².